The van der Waals surface area contributed by atoms with E-state index in [4.69, 9.17) is 4.98 Å². The SMILES string of the molecule is Cc1ccn(Cc2nc(C3CCCCC3)cs2)c(=O)c1. The Bertz CT molecular complexity index is 638. The molecule has 0 bridgehead atoms. The van der Waals surface area contributed by atoms with Gasteiger partial charge < -0.3 is 4.57 Å². The van der Waals surface area contributed by atoms with Crippen molar-refractivity contribution in [3.05, 3.63) is 50.3 Å². The zero-order chi connectivity index (χ0) is 13.9. The molecule has 1 aliphatic rings. The maximum atomic E-state index is 11.9. The van der Waals surface area contributed by atoms with Crippen molar-refractivity contribution in [3.8, 4) is 0 Å². The van der Waals surface area contributed by atoms with Crippen LogP contribution in [-0.2, 0) is 6.54 Å². The fourth-order valence-electron chi connectivity index (χ4n) is 2.87. The molecule has 2 heterocycles. The minimum Gasteiger partial charge on any atom is -0.309 e. The van der Waals surface area contributed by atoms with Gasteiger partial charge in [0.1, 0.15) is 5.01 Å². The third-order valence-corrected chi connectivity index (χ3v) is 4.90. The van der Waals surface area contributed by atoms with E-state index < -0.39 is 0 Å². The van der Waals surface area contributed by atoms with Gasteiger partial charge in [-0.1, -0.05) is 19.3 Å². The molecule has 3 nitrogen and oxygen atoms in total. The van der Waals surface area contributed by atoms with E-state index in [1.54, 1.807) is 22.0 Å². The van der Waals surface area contributed by atoms with Gasteiger partial charge in [0.05, 0.1) is 12.2 Å². The summed E-state index contributed by atoms with van der Waals surface area (Å²) in [6, 6.07) is 3.65. The third-order valence-electron chi connectivity index (χ3n) is 4.05. The Kier molecular flexibility index (Phi) is 4.01. The van der Waals surface area contributed by atoms with Crippen molar-refractivity contribution in [2.45, 2.75) is 51.5 Å². The first-order valence-electron chi connectivity index (χ1n) is 7.34. The molecule has 0 aromatic carbocycles. The van der Waals surface area contributed by atoms with Crippen LogP contribution in [0, 0.1) is 6.92 Å². The molecule has 0 saturated heterocycles. The number of aryl methyl sites for hydroxylation is 1. The summed E-state index contributed by atoms with van der Waals surface area (Å²) >= 11 is 1.68. The molecule has 0 amide bonds. The van der Waals surface area contributed by atoms with Crippen LogP contribution in [0.4, 0.5) is 0 Å². The maximum Gasteiger partial charge on any atom is 0.251 e. The summed E-state index contributed by atoms with van der Waals surface area (Å²) in [5, 5.41) is 3.22. The zero-order valence-electron chi connectivity index (χ0n) is 11.8. The van der Waals surface area contributed by atoms with E-state index in [1.807, 2.05) is 19.2 Å². The number of rotatable bonds is 3. The third kappa shape index (κ3) is 3.01. The summed E-state index contributed by atoms with van der Waals surface area (Å²) in [6.07, 6.45) is 8.43. The Hall–Kier alpha value is -1.42. The second-order valence-electron chi connectivity index (χ2n) is 5.67. The van der Waals surface area contributed by atoms with E-state index in [0.717, 1.165) is 10.6 Å². The van der Waals surface area contributed by atoms with Gasteiger partial charge in [-0.3, -0.25) is 4.79 Å². The molecule has 0 atom stereocenters. The molecule has 1 fully saturated rings. The summed E-state index contributed by atoms with van der Waals surface area (Å²) in [6.45, 7) is 2.53. The van der Waals surface area contributed by atoms with Crippen LogP contribution in [0.3, 0.4) is 0 Å². The Morgan fingerprint density at radius 1 is 1.35 bits per heavy atom. The van der Waals surface area contributed by atoms with E-state index in [1.165, 1.54) is 37.8 Å². The summed E-state index contributed by atoms with van der Waals surface area (Å²) < 4.78 is 1.73. The maximum absolute atomic E-state index is 11.9. The summed E-state index contributed by atoms with van der Waals surface area (Å²) in [7, 11) is 0. The van der Waals surface area contributed by atoms with Gasteiger partial charge in [-0.15, -0.1) is 11.3 Å². The first-order valence-corrected chi connectivity index (χ1v) is 8.22. The minimum absolute atomic E-state index is 0.0550. The average Bonchev–Trinajstić information content (AvgIpc) is 2.92. The van der Waals surface area contributed by atoms with E-state index in [9.17, 15) is 4.79 Å². The molecule has 1 saturated carbocycles. The molecule has 3 rings (SSSR count). The molecule has 0 aliphatic heterocycles. The van der Waals surface area contributed by atoms with Crippen molar-refractivity contribution in [2.75, 3.05) is 0 Å². The van der Waals surface area contributed by atoms with E-state index in [-0.39, 0.29) is 5.56 Å². The number of hydrogen-bond acceptors (Lipinski definition) is 3. The van der Waals surface area contributed by atoms with Gasteiger partial charge in [0.15, 0.2) is 0 Å². The molecule has 2 aromatic rings. The second kappa shape index (κ2) is 5.92. The van der Waals surface area contributed by atoms with Gasteiger partial charge in [0.2, 0.25) is 0 Å². The van der Waals surface area contributed by atoms with Crippen molar-refractivity contribution in [1.29, 1.82) is 0 Å². The summed E-state index contributed by atoms with van der Waals surface area (Å²) in [4.78, 5) is 16.6. The number of nitrogens with zero attached hydrogens (tertiary/aromatic N) is 2. The summed E-state index contributed by atoms with van der Waals surface area (Å²) in [5.74, 6) is 0.642. The number of pyridine rings is 1. The molecule has 4 heteroatoms. The Morgan fingerprint density at radius 3 is 2.90 bits per heavy atom. The fraction of sp³-hybridized carbons (Fsp3) is 0.500. The molecule has 0 N–H and O–H groups in total. The van der Waals surface area contributed by atoms with Gasteiger partial charge in [-0.2, -0.15) is 0 Å². The van der Waals surface area contributed by atoms with Crippen LogP contribution >= 0.6 is 11.3 Å². The molecule has 0 radical (unpaired) electrons. The lowest BCUT2D eigenvalue weighted by atomic mass is 9.87. The molecular formula is C16H20N2OS. The molecule has 106 valence electrons. The molecule has 1 aliphatic carbocycles. The zero-order valence-corrected chi connectivity index (χ0v) is 12.7. The highest BCUT2D eigenvalue weighted by atomic mass is 32.1. The van der Waals surface area contributed by atoms with Gasteiger partial charge in [-0.05, 0) is 31.4 Å². The normalized spacial score (nSPS) is 16.4. The van der Waals surface area contributed by atoms with Crippen molar-refractivity contribution >= 4 is 11.3 Å². The van der Waals surface area contributed by atoms with Crippen LogP contribution < -0.4 is 5.56 Å². The Labute approximate surface area is 123 Å². The standard InChI is InChI=1S/C16H20N2OS/c1-12-7-8-18(16(19)9-12)10-15-17-14(11-20-15)13-5-3-2-4-6-13/h7-9,11,13H,2-6,10H2,1H3. The molecule has 2 aromatic heterocycles. The van der Waals surface area contributed by atoms with Crippen molar-refractivity contribution < 1.29 is 0 Å². The highest BCUT2D eigenvalue weighted by molar-refractivity contribution is 7.09. The predicted molar refractivity (Wildman–Crippen MR) is 82.5 cm³/mol. The second-order valence-corrected chi connectivity index (χ2v) is 6.61. The lowest BCUT2D eigenvalue weighted by Crippen LogP contribution is -2.19. The molecule has 20 heavy (non-hydrogen) atoms. The average molecular weight is 288 g/mol. The van der Waals surface area contributed by atoms with E-state index in [2.05, 4.69) is 5.38 Å². The molecule has 0 unspecified atom stereocenters. The van der Waals surface area contributed by atoms with Crippen LogP contribution in [0.5, 0.6) is 0 Å². The highest BCUT2D eigenvalue weighted by Crippen LogP contribution is 2.33. The van der Waals surface area contributed by atoms with Gasteiger partial charge in [0, 0.05) is 23.6 Å². The van der Waals surface area contributed by atoms with Gasteiger partial charge in [-0.25, -0.2) is 4.98 Å². The predicted octanol–water partition coefficient (Wildman–Crippen LogP) is 3.71. The van der Waals surface area contributed by atoms with Crippen molar-refractivity contribution in [3.63, 3.8) is 0 Å². The Balaban J connectivity index is 1.75. The smallest absolute Gasteiger partial charge is 0.251 e. The van der Waals surface area contributed by atoms with Gasteiger partial charge in [0.25, 0.3) is 5.56 Å². The van der Waals surface area contributed by atoms with Crippen LogP contribution in [-0.4, -0.2) is 9.55 Å². The molecular weight excluding hydrogens is 268 g/mol. The van der Waals surface area contributed by atoms with Crippen LogP contribution in [0.1, 0.15) is 54.3 Å². The first-order chi connectivity index (χ1) is 9.72. The van der Waals surface area contributed by atoms with Crippen LogP contribution in [0.25, 0.3) is 0 Å². The summed E-state index contributed by atoms with van der Waals surface area (Å²) in [5.41, 5.74) is 2.30. The number of aromatic nitrogens is 2. The van der Waals surface area contributed by atoms with Crippen molar-refractivity contribution in [1.82, 2.24) is 9.55 Å². The number of hydrogen-bond donors (Lipinski definition) is 0. The Morgan fingerprint density at radius 2 is 2.15 bits per heavy atom. The fourth-order valence-corrected chi connectivity index (χ4v) is 3.74. The first kappa shape index (κ1) is 13.6. The van der Waals surface area contributed by atoms with E-state index >= 15 is 0 Å². The van der Waals surface area contributed by atoms with Gasteiger partial charge >= 0.3 is 0 Å². The topological polar surface area (TPSA) is 34.9 Å². The van der Waals surface area contributed by atoms with Crippen LogP contribution in [0.2, 0.25) is 0 Å². The molecule has 0 spiro atoms. The largest absolute Gasteiger partial charge is 0.309 e. The number of thiazole rings is 1. The highest BCUT2D eigenvalue weighted by Gasteiger charge is 2.18. The lowest BCUT2D eigenvalue weighted by molar-refractivity contribution is 0.437. The quantitative estimate of drug-likeness (QED) is 0.863. The monoisotopic (exact) mass is 288 g/mol. The minimum atomic E-state index is 0.0550. The van der Waals surface area contributed by atoms with Crippen LogP contribution in [0.15, 0.2) is 28.5 Å². The van der Waals surface area contributed by atoms with Crippen molar-refractivity contribution in [2.24, 2.45) is 0 Å². The lowest BCUT2D eigenvalue weighted by Gasteiger charge is -2.19. The van der Waals surface area contributed by atoms with E-state index in [0.29, 0.717) is 12.5 Å².